The monoisotopic (exact) mass is 301 g/mol. The highest BCUT2D eigenvalue weighted by atomic mass is 35.5. The molecule has 0 bridgehead atoms. The Labute approximate surface area is 131 Å². The van der Waals surface area contributed by atoms with Crippen molar-refractivity contribution in [3.8, 4) is 0 Å². The van der Waals surface area contributed by atoms with Gasteiger partial charge in [-0.3, -0.25) is 4.79 Å². The molecule has 3 heteroatoms. The molecule has 0 spiro atoms. The van der Waals surface area contributed by atoms with Crippen LogP contribution in [-0.2, 0) is 6.42 Å². The highest BCUT2D eigenvalue weighted by Crippen LogP contribution is 2.17. The first-order valence-corrected chi connectivity index (χ1v) is 7.67. The normalized spacial score (nSPS) is 10.4. The van der Waals surface area contributed by atoms with Crippen molar-refractivity contribution in [3.63, 3.8) is 0 Å². The molecule has 0 aliphatic heterocycles. The third-order valence-electron chi connectivity index (χ3n) is 3.49. The quantitative estimate of drug-likeness (QED) is 0.795. The van der Waals surface area contributed by atoms with Crippen LogP contribution in [0, 0.1) is 13.8 Å². The van der Waals surface area contributed by atoms with Gasteiger partial charge >= 0.3 is 0 Å². The fourth-order valence-corrected chi connectivity index (χ4v) is 2.58. The number of aryl methyl sites for hydroxylation is 3. The third kappa shape index (κ3) is 4.08. The highest BCUT2D eigenvalue weighted by molar-refractivity contribution is 6.17. The molecule has 0 unspecified atom stereocenters. The Kier molecular flexibility index (Phi) is 5.40. The van der Waals surface area contributed by atoms with Crippen molar-refractivity contribution in [2.45, 2.75) is 26.7 Å². The third-order valence-corrected chi connectivity index (χ3v) is 3.76. The van der Waals surface area contributed by atoms with E-state index in [9.17, 15) is 4.79 Å². The van der Waals surface area contributed by atoms with Gasteiger partial charge in [0.25, 0.3) is 5.91 Å². The van der Waals surface area contributed by atoms with E-state index in [2.05, 4.69) is 11.4 Å². The lowest BCUT2D eigenvalue weighted by molar-refractivity contribution is 0.102. The maximum atomic E-state index is 12.4. The zero-order valence-corrected chi connectivity index (χ0v) is 13.2. The van der Waals surface area contributed by atoms with E-state index in [0.29, 0.717) is 5.88 Å². The van der Waals surface area contributed by atoms with E-state index in [-0.39, 0.29) is 5.91 Å². The first-order chi connectivity index (χ1) is 10.1. The number of carbonyl (C=O) groups excluding carboxylic acids is 1. The van der Waals surface area contributed by atoms with Crippen LogP contribution in [0.25, 0.3) is 0 Å². The van der Waals surface area contributed by atoms with Crippen LogP contribution in [0.1, 0.15) is 33.5 Å². The highest BCUT2D eigenvalue weighted by Gasteiger charge is 2.12. The number of rotatable bonds is 5. The Bertz CT molecular complexity index is 617. The molecule has 0 aliphatic carbocycles. The molecule has 1 N–H and O–H groups in total. The van der Waals surface area contributed by atoms with Crippen LogP contribution < -0.4 is 5.32 Å². The van der Waals surface area contributed by atoms with Crippen LogP contribution >= 0.6 is 11.6 Å². The molecule has 0 aliphatic rings. The number of carbonyl (C=O) groups is 1. The predicted molar refractivity (Wildman–Crippen MR) is 89.4 cm³/mol. The Hall–Kier alpha value is -1.80. The predicted octanol–water partition coefficient (Wildman–Crippen LogP) is 4.73. The van der Waals surface area contributed by atoms with E-state index in [1.54, 1.807) is 0 Å². The van der Waals surface area contributed by atoms with Crippen molar-refractivity contribution >= 4 is 23.2 Å². The maximum Gasteiger partial charge on any atom is 0.256 e. The van der Waals surface area contributed by atoms with Crippen molar-refractivity contribution in [1.82, 2.24) is 0 Å². The minimum atomic E-state index is -0.0555. The summed E-state index contributed by atoms with van der Waals surface area (Å²) >= 11 is 5.72. The number of nitrogens with one attached hydrogen (secondary N) is 1. The molecular formula is C18H20ClNO. The summed E-state index contributed by atoms with van der Waals surface area (Å²) < 4.78 is 0. The standard InChI is InChI=1S/C18H20ClNO/c1-13-6-3-7-14(2)17(13)18(21)20-16-10-4-8-15(12-16)9-5-11-19/h3-4,6-8,10,12H,5,9,11H2,1-2H3,(H,20,21). The molecule has 0 heterocycles. The van der Waals surface area contributed by atoms with Crippen LogP contribution in [0.5, 0.6) is 0 Å². The molecule has 2 aromatic rings. The summed E-state index contributed by atoms with van der Waals surface area (Å²) in [4.78, 5) is 12.4. The SMILES string of the molecule is Cc1cccc(C)c1C(=O)Nc1cccc(CCCCl)c1. The van der Waals surface area contributed by atoms with E-state index in [0.717, 1.165) is 35.2 Å². The summed E-state index contributed by atoms with van der Waals surface area (Å²) in [6.07, 6.45) is 1.87. The molecule has 0 radical (unpaired) electrons. The smallest absolute Gasteiger partial charge is 0.256 e. The molecule has 0 fully saturated rings. The number of halogens is 1. The number of hydrogen-bond acceptors (Lipinski definition) is 1. The molecule has 0 atom stereocenters. The van der Waals surface area contributed by atoms with Crippen molar-refractivity contribution in [2.24, 2.45) is 0 Å². The van der Waals surface area contributed by atoms with Crippen LogP contribution in [0.15, 0.2) is 42.5 Å². The summed E-state index contributed by atoms with van der Waals surface area (Å²) in [5.74, 6) is 0.596. The largest absolute Gasteiger partial charge is 0.322 e. The van der Waals surface area contributed by atoms with Gasteiger partial charge in [-0.1, -0.05) is 30.3 Å². The first kappa shape index (κ1) is 15.6. The molecular weight excluding hydrogens is 282 g/mol. The first-order valence-electron chi connectivity index (χ1n) is 7.14. The second-order valence-corrected chi connectivity index (χ2v) is 5.59. The van der Waals surface area contributed by atoms with Crippen molar-refractivity contribution in [3.05, 3.63) is 64.7 Å². The molecule has 1 amide bonds. The van der Waals surface area contributed by atoms with Gasteiger partial charge in [-0.2, -0.15) is 0 Å². The van der Waals surface area contributed by atoms with E-state index in [1.165, 1.54) is 5.56 Å². The van der Waals surface area contributed by atoms with Crippen molar-refractivity contribution < 1.29 is 4.79 Å². The van der Waals surface area contributed by atoms with E-state index in [1.807, 2.05) is 50.2 Å². The van der Waals surface area contributed by atoms with Gasteiger partial charge in [0.05, 0.1) is 0 Å². The van der Waals surface area contributed by atoms with Gasteiger partial charge in [0.2, 0.25) is 0 Å². The average molecular weight is 302 g/mol. The van der Waals surface area contributed by atoms with Crippen LogP contribution in [0.2, 0.25) is 0 Å². The second-order valence-electron chi connectivity index (χ2n) is 5.21. The fourth-order valence-electron chi connectivity index (χ4n) is 2.44. The molecule has 0 saturated heterocycles. The van der Waals surface area contributed by atoms with Gasteiger partial charge in [0, 0.05) is 17.1 Å². The summed E-state index contributed by atoms with van der Waals surface area (Å²) in [5.41, 5.74) is 4.75. The van der Waals surface area contributed by atoms with Crippen molar-refractivity contribution in [2.75, 3.05) is 11.2 Å². The second kappa shape index (κ2) is 7.28. The lowest BCUT2D eigenvalue weighted by Gasteiger charge is -2.11. The van der Waals surface area contributed by atoms with Crippen molar-refractivity contribution in [1.29, 1.82) is 0 Å². The number of hydrogen-bond donors (Lipinski definition) is 1. The molecule has 21 heavy (non-hydrogen) atoms. The minimum Gasteiger partial charge on any atom is -0.322 e. The van der Waals surface area contributed by atoms with Gasteiger partial charge in [0.1, 0.15) is 0 Å². The van der Waals surface area contributed by atoms with Gasteiger partial charge in [-0.15, -0.1) is 11.6 Å². The molecule has 110 valence electrons. The Morgan fingerprint density at radius 2 is 1.76 bits per heavy atom. The number of alkyl halides is 1. The maximum absolute atomic E-state index is 12.4. The minimum absolute atomic E-state index is 0.0555. The number of amides is 1. The Balaban J connectivity index is 2.16. The zero-order valence-electron chi connectivity index (χ0n) is 12.4. The van der Waals surface area contributed by atoms with Crippen LogP contribution in [0.4, 0.5) is 5.69 Å². The summed E-state index contributed by atoms with van der Waals surface area (Å²) in [6, 6.07) is 13.8. The molecule has 2 rings (SSSR count). The van der Waals surface area contributed by atoms with E-state index in [4.69, 9.17) is 11.6 Å². The molecule has 0 aromatic heterocycles. The summed E-state index contributed by atoms with van der Waals surface area (Å²) in [5, 5.41) is 2.98. The summed E-state index contributed by atoms with van der Waals surface area (Å²) in [7, 11) is 0. The Morgan fingerprint density at radius 1 is 1.10 bits per heavy atom. The van der Waals surface area contributed by atoms with Gasteiger partial charge < -0.3 is 5.32 Å². The molecule has 2 nitrogen and oxygen atoms in total. The van der Waals surface area contributed by atoms with Gasteiger partial charge in [-0.25, -0.2) is 0 Å². The van der Waals surface area contributed by atoms with E-state index < -0.39 is 0 Å². The topological polar surface area (TPSA) is 29.1 Å². The average Bonchev–Trinajstić information content (AvgIpc) is 2.45. The zero-order chi connectivity index (χ0) is 15.2. The number of benzene rings is 2. The lowest BCUT2D eigenvalue weighted by Crippen LogP contribution is -2.15. The fraction of sp³-hybridized carbons (Fsp3) is 0.278. The van der Waals surface area contributed by atoms with Gasteiger partial charge in [0.15, 0.2) is 0 Å². The molecule has 0 saturated carbocycles. The van der Waals surface area contributed by atoms with Crippen LogP contribution in [0.3, 0.4) is 0 Å². The lowest BCUT2D eigenvalue weighted by atomic mass is 10.0. The number of anilines is 1. The van der Waals surface area contributed by atoms with E-state index >= 15 is 0 Å². The molecule has 2 aromatic carbocycles. The summed E-state index contributed by atoms with van der Waals surface area (Å²) in [6.45, 7) is 3.91. The van der Waals surface area contributed by atoms with Gasteiger partial charge in [-0.05, 0) is 55.5 Å². The van der Waals surface area contributed by atoms with Crippen LogP contribution in [-0.4, -0.2) is 11.8 Å². The Morgan fingerprint density at radius 3 is 2.43 bits per heavy atom.